The Morgan fingerprint density at radius 3 is 0.639 bits per heavy atom. The molecule has 36 heavy (non-hydrogen) atoms. The van der Waals surface area contributed by atoms with Crippen LogP contribution in [0.2, 0.25) is 0 Å². The van der Waals surface area contributed by atoms with Crippen molar-refractivity contribution in [3.8, 4) is 0 Å². The summed E-state index contributed by atoms with van der Waals surface area (Å²) in [5, 5.41) is 0. The summed E-state index contributed by atoms with van der Waals surface area (Å²) in [5.41, 5.74) is 0. The predicted molar refractivity (Wildman–Crippen MR) is 157 cm³/mol. The van der Waals surface area contributed by atoms with Gasteiger partial charge in [0.15, 0.2) is 0 Å². The average molecular weight is 537 g/mol. The third kappa shape index (κ3) is 18.5. The number of hydrogen-bond acceptors (Lipinski definition) is 5. The normalized spacial score (nSPS) is 13.2. The second-order valence-corrected chi connectivity index (χ2v) is 13.0. The van der Waals surface area contributed by atoms with Crippen LogP contribution in [0.4, 0.5) is 0 Å². The van der Waals surface area contributed by atoms with Crippen LogP contribution in [0.25, 0.3) is 0 Å². The summed E-state index contributed by atoms with van der Waals surface area (Å²) in [5.74, 6) is 0. The van der Waals surface area contributed by atoms with Gasteiger partial charge in [0.05, 0.1) is 0 Å². The van der Waals surface area contributed by atoms with Gasteiger partial charge < -0.3 is 0 Å². The van der Waals surface area contributed by atoms with Crippen LogP contribution in [-0.4, -0.2) is 33.0 Å². The quantitative estimate of drug-likeness (QED) is 0.0674. The molecule has 0 atom stereocenters. The van der Waals surface area contributed by atoms with Gasteiger partial charge >= 0.3 is 226 Å². The van der Waals surface area contributed by atoms with Gasteiger partial charge in [0.25, 0.3) is 0 Å². The van der Waals surface area contributed by atoms with Gasteiger partial charge in [-0.1, -0.05) is 0 Å². The van der Waals surface area contributed by atoms with Gasteiger partial charge in [-0.2, -0.15) is 0 Å². The summed E-state index contributed by atoms with van der Waals surface area (Å²) in [7, 11) is -4.15. The maximum absolute atomic E-state index is 6.63. The van der Waals surface area contributed by atoms with Gasteiger partial charge in [0.1, 0.15) is 0 Å². The molecule has 0 aliphatic carbocycles. The van der Waals surface area contributed by atoms with Gasteiger partial charge in [-0.3, -0.25) is 0 Å². The molecule has 0 unspecified atom stereocenters. The SMILES string of the molecule is CCCCCCOP(OCCCCCC)(OCCCCCC)(OCCCCCC)OCCCCCC. The van der Waals surface area contributed by atoms with Gasteiger partial charge in [-0.05, 0) is 0 Å². The minimum atomic E-state index is -4.15. The third-order valence-corrected chi connectivity index (χ3v) is 9.52. The fourth-order valence-electron chi connectivity index (χ4n) is 4.08. The summed E-state index contributed by atoms with van der Waals surface area (Å²) < 4.78 is 33.2. The van der Waals surface area contributed by atoms with Crippen molar-refractivity contribution < 1.29 is 22.6 Å². The topological polar surface area (TPSA) is 46.2 Å². The van der Waals surface area contributed by atoms with Crippen LogP contribution in [-0.2, 0) is 22.6 Å². The molecule has 0 bridgehead atoms. The van der Waals surface area contributed by atoms with Gasteiger partial charge in [0.2, 0.25) is 0 Å². The number of rotatable bonds is 30. The fourth-order valence-corrected chi connectivity index (χ4v) is 6.97. The summed E-state index contributed by atoms with van der Waals surface area (Å²) in [6.07, 6.45) is 22.7. The van der Waals surface area contributed by atoms with Crippen LogP contribution in [0.15, 0.2) is 0 Å². The van der Waals surface area contributed by atoms with Gasteiger partial charge in [-0.15, -0.1) is 0 Å². The van der Waals surface area contributed by atoms with Crippen LogP contribution < -0.4 is 0 Å². The Balaban J connectivity index is 5.68. The van der Waals surface area contributed by atoms with Crippen molar-refractivity contribution >= 4 is 7.74 Å². The summed E-state index contributed by atoms with van der Waals surface area (Å²) in [4.78, 5) is 0. The van der Waals surface area contributed by atoms with E-state index >= 15 is 0 Å². The Kier molecular flexibility index (Phi) is 25.7. The third-order valence-electron chi connectivity index (χ3n) is 6.50. The van der Waals surface area contributed by atoms with Crippen LogP contribution in [0, 0.1) is 0 Å². The predicted octanol–water partition coefficient (Wildman–Crippen LogP) is 11.1. The van der Waals surface area contributed by atoms with E-state index in [1.165, 1.54) is 64.2 Å². The van der Waals surface area contributed by atoms with Crippen LogP contribution in [0.5, 0.6) is 0 Å². The standard InChI is InChI=1S/C30H65O5P/c1-6-11-16-21-26-31-36(32-27-22-17-12-7-2,33-28-23-18-13-8-3,34-29-24-19-14-9-4)35-30-25-20-15-10-5/h6-30H2,1-5H3. The first-order valence-electron chi connectivity index (χ1n) is 15.9. The van der Waals surface area contributed by atoms with Crippen molar-refractivity contribution in [2.75, 3.05) is 33.0 Å². The molecule has 0 saturated carbocycles. The van der Waals surface area contributed by atoms with Crippen molar-refractivity contribution in [2.45, 2.75) is 163 Å². The molecule has 0 heterocycles. The second kappa shape index (κ2) is 25.5. The molecule has 0 N–H and O–H groups in total. The minimum absolute atomic E-state index is 0.561. The molecular weight excluding hydrogens is 471 g/mol. The molecule has 5 nitrogen and oxygen atoms in total. The van der Waals surface area contributed by atoms with Crippen molar-refractivity contribution in [1.82, 2.24) is 0 Å². The van der Waals surface area contributed by atoms with Crippen molar-refractivity contribution in [2.24, 2.45) is 0 Å². The molecule has 0 aromatic rings. The van der Waals surface area contributed by atoms with E-state index in [1.807, 2.05) is 0 Å². The average Bonchev–Trinajstić information content (AvgIpc) is 2.88. The Hall–Kier alpha value is 0.230. The molecule has 0 aliphatic rings. The van der Waals surface area contributed by atoms with Crippen LogP contribution >= 0.6 is 7.74 Å². The van der Waals surface area contributed by atoms with E-state index in [2.05, 4.69) is 34.6 Å². The number of hydrogen-bond donors (Lipinski definition) is 0. The zero-order valence-corrected chi connectivity index (χ0v) is 26.1. The maximum atomic E-state index is 6.63. The van der Waals surface area contributed by atoms with E-state index in [0.717, 1.165) is 64.2 Å². The van der Waals surface area contributed by atoms with Gasteiger partial charge in [0, 0.05) is 0 Å². The monoisotopic (exact) mass is 536 g/mol. The Morgan fingerprint density at radius 2 is 0.472 bits per heavy atom. The first kappa shape index (κ1) is 36.2. The fraction of sp³-hybridized carbons (Fsp3) is 1.00. The molecule has 6 heteroatoms. The van der Waals surface area contributed by atoms with Crippen molar-refractivity contribution in [3.05, 3.63) is 0 Å². The van der Waals surface area contributed by atoms with E-state index < -0.39 is 7.74 Å². The summed E-state index contributed by atoms with van der Waals surface area (Å²) >= 11 is 0. The Labute approximate surface area is 226 Å². The first-order valence-corrected chi connectivity index (χ1v) is 17.7. The molecule has 220 valence electrons. The van der Waals surface area contributed by atoms with E-state index in [9.17, 15) is 0 Å². The van der Waals surface area contributed by atoms with Gasteiger partial charge in [-0.25, -0.2) is 0 Å². The zero-order valence-electron chi connectivity index (χ0n) is 25.2. The Morgan fingerprint density at radius 1 is 0.278 bits per heavy atom. The van der Waals surface area contributed by atoms with E-state index in [-0.39, 0.29) is 0 Å². The summed E-state index contributed by atoms with van der Waals surface area (Å²) in [6, 6.07) is 0. The Bertz CT molecular complexity index is 350. The molecule has 0 spiro atoms. The van der Waals surface area contributed by atoms with Crippen molar-refractivity contribution in [1.29, 1.82) is 0 Å². The molecule has 0 aromatic heterocycles. The van der Waals surface area contributed by atoms with Crippen LogP contribution in [0.3, 0.4) is 0 Å². The van der Waals surface area contributed by atoms with E-state index in [4.69, 9.17) is 22.6 Å². The van der Waals surface area contributed by atoms with E-state index in [1.54, 1.807) is 0 Å². The first-order chi connectivity index (χ1) is 17.6. The summed E-state index contributed by atoms with van der Waals surface area (Å²) in [6.45, 7) is 14.0. The molecule has 0 aromatic carbocycles. The molecule has 0 amide bonds. The molecular formula is C30H65O5P. The molecule has 0 rings (SSSR count). The molecule has 0 saturated heterocycles. The number of unbranched alkanes of at least 4 members (excludes halogenated alkanes) is 15. The second-order valence-electron chi connectivity index (χ2n) is 10.2. The van der Waals surface area contributed by atoms with Crippen molar-refractivity contribution in [3.63, 3.8) is 0 Å². The van der Waals surface area contributed by atoms with Crippen LogP contribution in [0.1, 0.15) is 163 Å². The molecule has 0 radical (unpaired) electrons. The van der Waals surface area contributed by atoms with E-state index in [0.29, 0.717) is 33.0 Å². The molecule has 0 aliphatic heterocycles. The molecule has 0 fully saturated rings. The zero-order chi connectivity index (χ0) is 26.7.